The maximum absolute atomic E-state index is 12.4. The second-order valence-corrected chi connectivity index (χ2v) is 6.52. The van der Waals surface area contributed by atoms with Gasteiger partial charge in [0, 0.05) is 37.1 Å². The van der Waals surface area contributed by atoms with Crippen molar-refractivity contribution in [3.63, 3.8) is 0 Å². The number of amides is 2. The number of hydrogen-bond donors (Lipinski definition) is 0. The van der Waals surface area contributed by atoms with Gasteiger partial charge in [-0.05, 0) is 30.5 Å². The second kappa shape index (κ2) is 6.79. The molecule has 0 spiro atoms. The lowest BCUT2D eigenvalue weighted by Gasteiger charge is -2.35. The van der Waals surface area contributed by atoms with Crippen LogP contribution in [0.25, 0.3) is 0 Å². The van der Waals surface area contributed by atoms with Crippen molar-refractivity contribution in [2.75, 3.05) is 33.3 Å². The molecule has 0 aromatic heterocycles. The first-order chi connectivity index (χ1) is 11.1. The van der Waals surface area contributed by atoms with E-state index in [-0.39, 0.29) is 24.2 Å². The SMILES string of the molecule is COc1ccc(CC(=O)N2CCN(C(=O)C3CC3)CC2)c(Cl)c1. The smallest absolute Gasteiger partial charge is 0.227 e. The Hall–Kier alpha value is -1.75. The Bertz CT molecular complexity index is 608. The molecular formula is C17H21ClN2O3. The number of piperazine rings is 1. The van der Waals surface area contributed by atoms with Crippen molar-refractivity contribution < 1.29 is 14.3 Å². The van der Waals surface area contributed by atoms with Gasteiger partial charge in [-0.3, -0.25) is 9.59 Å². The third kappa shape index (κ3) is 3.78. The maximum atomic E-state index is 12.4. The number of nitrogens with zero attached hydrogens (tertiary/aromatic N) is 2. The van der Waals surface area contributed by atoms with Crippen molar-refractivity contribution in [3.8, 4) is 5.75 Å². The van der Waals surface area contributed by atoms with Gasteiger partial charge in [0.05, 0.1) is 13.5 Å². The topological polar surface area (TPSA) is 49.9 Å². The summed E-state index contributed by atoms with van der Waals surface area (Å²) in [5, 5.41) is 0.542. The predicted molar refractivity (Wildman–Crippen MR) is 87.6 cm³/mol. The van der Waals surface area contributed by atoms with Crippen molar-refractivity contribution >= 4 is 23.4 Å². The Morgan fingerprint density at radius 2 is 1.83 bits per heavy atom. The van der Waals surface area contributed by atoms with E-state index in [2.05, 4.69) is 0 Å². The fourth-order valence-electron chi connectivity index (χ4n) is 2.84. The summed E-state index contributed by atoms with van der Waals surface area (Å²) in [6.07, 6.45) is 2.32. The van der Waals surface area contributed by atoms with E-state index < -0.39 is 0 Å². The van der Waals surface area contributed by atoms with E-state index >= 15 is 0 Å². The lowest BCUT2D eigenvalue weighted by Crippen LogP contribution is -2.51. The van der Waals surface area contributed by atoms with Crippen LogP contribution in [-0.4, -0.2) is 54.9 Å². The molecule has 3 rings (SSSR count). The molecule has 2 fully saturated rings. The van der Waals surface area contributed by atoms with Crippen LogP contribution in [0, 0.1) is 5.92 Å². The number of methoxy groups -OCH3 is 1. The predicted octanol–water partition coefficient (Wildman–Crippen LogP) is 1.97. The van der Waals surface area contributed by atoms with Crippen LogP contribution in [0.3, 0.4) is 0 Å². The van der Waals surface area contributed by atoms with Crippen molar-refractivity contribution in [3.05, 3.63) is 28.8 Å². The number of benzene rings is 1. The fourth-order valence-corrected chi connectivity index (χ4v) is 3.08. The number of carbonyl (C=O) groups excluding carboxylic acids is 2. The molecular weight excluding hydrogens is 316 g/mol. The minimum atomic E-state index is 0.0515. The molecule has 0 bridgehead atoms. The fraction of sp³-hybridized carbons (Fsp3) is 0.529. The number of carbonyl (C=O) groups is 2. The van der Waals surface area contributed by atoms with Crippen LogP contribution in [0.2, 0.25) is 5.02 Å². The first-order valence-electron chi connectivity index (χ1n) is 7.97. The van der Waals surface area contributed by atoms with E-state index in [1.165, 1.54) is 0 Å². The molecule has 1 aromatic rings. The van der Waals surface area contributed by atoms with Crippen molar-refractivity contribution in [1.29, 1.82) is 0 Å². The molecule has 0 unspecified atom stereocenters. The van der Waals surface area contributed by atoms with Gasteiger partial charge in [-0.25, -0.2) is 0 Å². The molecule has 0 N–H and O–H groups in total. The Morgan fingerprint density at radius 3 is 2.39 bits per heavy atom. The molecule has 5 nitrogen and oxygen atoms in total. The van der Waals surface area contributed by atoms with Gasteiger partial charge in [0.2, 0.25) is 11.8 Å². The van der Waals surface area contributed by atoms with Gasteiger partial charge < -0.3 is 14.5 Å². The molecule has 1 aromatic carbocycles. The Labute approximate surface area is 141 Å². The number of rotatable bonds is 4. The standard InChI is InChI=1S/C17H21ClN2O3/c1-23-14-5-4-13(15(18)11-14)10-16(21)19-6-8-20(9-7-19)17(22)12-2-3-12/h4-5,11-12H,2-3,6-10H2,1H3. The van der Waals surface area contributed by atoms with E-state index in [9.17, 15) is 9.59 Å². The highest BCUT2D eigenvalue weighted by atomic mass is 35.5. The van der Waals surface area contributed by atoms with Gasteiger partial charge in [0.15, 0.2) is 0 Å². The third-order valence-electron chi connectivity index (χ3n) is 4.47. The average Bonchev–Trinajstić information content (AvgIpc) is 3.41. The zero-order valence-corrected chi connectivity index (χ0v) is 14.0. The molecule has 1 aliphatic carbocycles. The molecule has 2 amide bonds. The van der Waals surface area contributed by atoms with Gasteiger partial charge in [-0.15, -0.1) is 0 Å². The van der Waals surface area contributed by atoms with Gasteiger partial charge in [0.1, 0.15) is 5.75 Å². The first-order valence-corrected chi connectivity index (χ1v) is 8.35. The molecule has 1 heterocycles. The summed E-state index contributed by atoms with van der Waals surface area (Å²) in [5.74, 6) is 1.24. The molecule has 6 heteroatoms. The van der Waals surface area contributed by atoms with Crippen LogP contribution in [0.5, 0.6) is 5.75 Å². The molecule has 124 valence electrons. The molecule has 23 heavy (non-hydrogen) atoms. The zero-order chi connectivity index (χ0) is 16.4. The van der Waals surface area contributed by atoms with Crippen molar-refractivity contribution in [2.45, 2.75) is 19.3 Å². The average molecular weight is 337 g/mol. The van der Waals surface area contributed by atoms with E-state index in [1.54, 1.807) is 19.2 Å². The van der Waals surface area contributed by atoms with Gasteiger partial charge >= 0.3 is 0 Å². The molecule has 1 saturated carbocycles. The molecule has 0 radical (unpaired) electrons. The number of halogens is 1. The van der Waals surface area contributed by atoms with Crippen LogP contribution < -0.4 is 4.74 Å². The normalized spacial score (nSPS) is 18.0. The summed E-state index contributed by atoms with van der Waals surface area (Å²) in [7, 11) is 1.58. The maximum Gasteiger partial charge on any atom is 0.227 e. The van der Waals surface area contributed by atoms with E-state index in [0.29, 0.717) is 37.0 Å². The van der Waals surface area contributed by atoms with E-state index in [1.807, 2.05) is 15.9 Å². The van der Waals surface area contributed by atoms with E-state index in [4.69, 9.17) is 16.3 Å². The van der Waals surface area contributed by atoms with Crippen molar-refractivity contribution in [2.24, 2.45) is 5.92 Å². The largest absolute Gasteiger partial charge is 0.497 e. The zero-order valence-electron chi connectivity index (χ0n) is 13.3. The summed E-state index contributed by atoms with van der Waals surface area (Å²) in [5.41, 5.74) is 0.800. The summed E-state index contributed by atoms with van der Waals surface area (Å²) in [6.45, 7) is 2.48. The molecule has 2 aliphatic rings. The van der Waals surface area contributed by atoms with Crippen molar-refractivity contribution in [1.82, 2.24) is 9.80 Å². The summed E-state index contributed by atoms with van der Waals surface area (Å²) in [4.78, 5) is 28.2. The molecule has 1 aliphatic heterocycles. The highest BCUT2D eigenvalue weighted by molar-refractivity contribution is 6.31. The van der Waals surface area contributed by atoms with Gasteiger partial charge in [-0.2, -0.15) is 0 Å². The Balaban J connectivity index is 1.54. The third-order valence-corrected chi connectivity index (χ3v) is 4.82. The quantitative estimate of drug-likeness (QED) is 0.844. The minimum Gasteiger partial charge on any atom is -0.497 e. The van der Waals surface area contributed by atoms with Crippen LogP contribution in [-0.2, 0) is 16.0 Å². The highest BCUT2D eigenvalue weighted by Crippen LogP contribution is 2.31. The molecule has 1 saturated heterocycles. The van der Waals surface area contributed by atoms with Crippen LogP contribution in [0.4, 0.5) is 0 Å². The highest BCUT2D eigenvalue weighted by Gasteiger charge is 2.35. The minimum absolute atomic E-state index is 0.0515. The number of ether oxygens (including phenoxy) is 1. The van der Waals surface area contributed by atoms with Gasteiger partial charge in [-0.1, -0.05) is 17.7 Å². The van der Waals surface area contributed by atoms with Gasteiger partial charge in [0.25, 0.3) is 0 Å². The molecule has 0 atom stereocenters. The Morgan fingerprint density at radius 1 is 1.17 bits per heavy atom. The Kier molecular flexibility index (Phi) is 4.76. The monoisotopic (exact) mass is 336 g/mol. The first kappa shape index (κ1) is 16.1. The van der Waals surface area contributed by atoms with E-state index in [0.717, 1.165) is 18.4 Å². The summed E-state index contributed by atoms with van der Waals surface area (Å²) < 4.78 is 5.11. The second-order valence-electron chi connectivity index (χ2n) is 6.11. The number of hydrogen-bond acceptors (Lipinski definition) is 3. The summed E-state index contributed by atoms with van der Waals surface area (Å²) in [6, 6.07) is 5.35. The van der Waals surface area contributed by atoms with Crippen LogP contribution in [0.15, 0.2) is 18.2 Å². The lowest BCUT2D eigenvalue weighted by molar-refractivity contribution is -0.140. The van der Waals surface area contributed by atoms with Crippen LogP contribution in [0.1, 0.15) is 18.4 Å². The summed E-state index contributed by atoms with van der Waals surface area (Å²) >= 11 is 6.19. The van der Waals surface area contributed by atoms with Crippen LogP contribution >= 0.6 is 11.6 Å². The lowest BCUT2D eigenvalue weighted by atomic mass is 10.1.